The first-order chi connectivity index (χ1) is 8.70. The molecule has 1 N–H and O–H groups in total. The van der Waals surface area contributed by atoms with Crippen LogP contribution in [0.5, 0.6) is 0 Å². The van der Waals surface area contributed by atoms with Crippen LogP contribution in [-0.2, 0) is 11.3 Å². The average Bonchev–Trinajstić information content (AvgIpc) is 2.37. The molecule has 0 saturated carbocycles. The van der Waals surface area contributed by atoms with Gasteiger partial charge in [0.15, 0.2) is 0 Å². The summed E-state index contributed by atoms with van der Waals surface area (Å²) in [6, 6.07) is 9.77. The molecule has 0 amide bonds. The topological polar surface area (TPSA) is 32.7 Å². The monoisotopic (exact) mass is 265 g/mol. The molecule has 4 heteroatoms. The molecule has 2 rings (SSSR count). The van der Waals surface area contributed by atoms with Crippen molar-refractivity contribution in [1.82, 2.24) is 4.90 Å². The second kappa shape index (κ2) is 5.94. The molecule has 0 aliphatic carbocycles. The largest absolute Gasteiger partial charge is 0.487 e. The molecule has 1 heterocycles. The molecule has 1 aromatic rings. The van der Waals surface area contributed by atoms with E-state index in [-0.39, 0.29) is 12.6 Å². The molecule has 96 valence electrons. The van der Waals surface area contributed by atoms with Crippen LogP contribution in [0.25, 0.3) is 0 Å². The van der Waals surface area contributed by atoms with Gasteiger partial charge in [-0.3, -0.25) is 0 Å². The Morgan fingerprint density at radius 3 is 2.67 bits per heavy atom. The highest BCUT2D eigenvalue weighted by molar-refractivity contribution is 6.30. The van der Waals surface area contributed by atoms with Gasteiger partial charge in [0.25, 0.3) is 0 Å². The van der Waals surface area contributed by atoms with Gasteiger partial charge in [-0.25, -0.2) is 0 Å². The van der Waals surface area contributed by atoms with Crippen molar-refractivity contribution in [3.63, 3.8) is 0 Å². The minimum Gasteiger partial charge on any atom is -0.487 e. The van der Waals surface area contributed by atoms with Crippen molar-refractivity contribution in [3.8, 4) is 0 Å². The molecule has 1 aliphatic rings. The molecule has 1 aromatic carbocycles. The molecule has 1 unspecified atom stereocenters. The number of aliphatic hydroxyl groups is 1. The maximum Gasteiger partial charge on any atom is 0.136 e. The second-order valence-corrected chi connectivity index (χ2v) is 4.64. The number of rotatable bonds is 4. The van der Waals surface area contributed by atoms with Crippen molar-refractivity contribution >= 4 is 11.6 Å². The van der Waals surface area contributed by atoms with Crippen molar-refractivity contribution in [2.45, 2.75) is 12.6 Å². The van der Waals surface area contributed by atoms with Crippen LogP contribution in [0.4, 0.5) is 0 Å². The lowest BCUT2D eigenvalue weighted by atomic mass is 10.2. The predicted molar refractivity (Wildman–Crippen MR) is 71.9 cm³/mol. The normalized spacial score (nSPS) is 19.3. The molecule has 0 spiro atoms. The van der Waals surface area contributed by atoms with Gasteiger partial charge in [-0.15, -0.1) is 0 Å². The van der Waals surface area contributed by atoms with Crippen LogP contribution in [0.1, 0.15) is 5.56 Å². The molecule has 1 aliphatic heterocycles. The van der Waals surface area contributed by atoms with E-state index in [1.807, 2.05) is 48.5 Å². The predicted octanol–water partition coefficient (Wildman–Crippen LogP) is 2.47. The third-order valence-corrected chi connectivity index (χ3v) is 3.20. The molecule has 3 nitrogen and oxygen atoms in total. The summed E-state index contributed by atoms with van der Waals surface area (Å²) in [5.41, 5.74) is 1.11. The number of ether oxygens (including phenoxy) is 1. The molecule has 18 heavy (non-hydrogen) atoms. The van der Waals surface area contributed by atoms with Gasteiger partial charge in [-0.2, -0.15) is 0 Å². The Balaban J connectivity index is 1.99. The van der Waals surface area contributed by atoms with Crippen LogP contribution in [-0.4, -0.2) is 29.7 Å². The van der Waals surface area contributed by atoms with E-state index in [0.717, 1.165) is 5.56 Å². The van der Waals surface area contributed by atoms with E-state index in [2.05, 4.69) is 0 Å². The minimum absolute atomic E-state index is 0.00566. The molecule has 0 fully saturated rings. The van der Waals surface area contributed by atoms with E-state index in [1.165, 1.54) is 0 Å². The summed E-state index contributed by atoms with van der Waals surface area (Å²) < 4.78 is 5.68. The SMILES string of the molecule is CN1C=C(OCc2ccccc2)C=C(Cl)C1CO. The first kappa shape index (κ1) is 13.0. The van der Waals surface area contributed by atoms with Gasteiger partial charge < -0.3 is 14.7 Å². The van der Waals surface area contributed by atoms with Crippen molar-refractivity contribution in [2.24, 2.45) is 0 Å². The maximum atomic E-state index is 9.19. The number of allylic oxidation sites excluding steroid dienone is 1. The van der Waals surface area contributed by atoms with Gasteiger partial charge >= 0.3 is 0 Å². The van der Waals surface area contributed by atoms with Gasteiger partial charge in [0.05, 0.1) is 12.6 Å². The van der Waals surface area contributed by atoms with E-state index in [4.69, 9.17) is 16.3 Å². The Morgan fingerprint density at radius 2 is 2.06 bits per heavy atom. The Labute approximate surface area is 112 Å². The van der Waals surface area contributed by atoms with Gasteiger partial charge in [-0.05, 0) is 11.6 Å². The molecular weight excluding hydrogens is 250 g/mol. The fraction of sp³-hybridized carbons (Fsp3) is 0.286. The van der Waals surface area contributed by atoms with Crippen LogP contribution in [0.3, 0.4) is 0 Å². The zero-order valence-electron chi connectivity index (χ0n) is 10.2. The number of aliphatic hydroxyl groups excluding tert-OH is 1. The third-order valence-electron chi connectivity index (χ3n) is 2.84. The van der Waals surface area contributed by atoms with E-state index in [9.17, 15) is 5.11 Å². The van der Waals surface area contributed by atoms with Gasteiger partial charge in [0.2, 0.25) is 0 Å². The van der Waals surface area contributed by atoms with Crippen LogP contribution in [0.2, 0.25) is 0 Å². The van der Waals surface area contributed by atoms with Crippen LogP contribution < -0.4 is 0 Å². The molecule has 0 saturated heterocycles. The average molecular weight is 266 g/mol. The molecule has 0 radical (unpaired) electrons. The van der Waals surface area contributed by atoms with Gasteiger partial charge in [0.1, 0.15) is 12.4 Å². The van der Waals surface area contributed by atoms with Gasteiger partial charge in [0, 0.05) is 18.3 Å². The van der Waals surface area contributed by atoms with Crippen molar-refractivity contribution in [1.29, 1.82) is 0 Å². The Kier molecular flexibility index (Phi) is 4.28. The van der Waals surface area contributed by atoms with Crippen molar-refractivity contribution < 1.29 is 9.84 Å². The fourth-order valence-corrected chi connectivity index (χ4v) is 2.12. The third kappa shape index (κ3) is 3.06. The molecule has 0 bridgehead atoms. The highest BCUT2D eigenvalue weighted by atomic mass is 35.5. The highest BCUT2D eigenvalue weighted by Gasteiger charge is 2.20. The Hall–Kier alpha value is -1.45. The fourth-order valence-electron chi connectivity index (χ4n) is 1.79. The van der Waals surface area contributed by atoms with Gasteiger partial charge in [-0.1, -0.05) is 41.9 Å². The summed E-state index contributed by atoms with van der Waals surface area (Å²) >= 11 is 6.09. The smallest absolute Gasteiger partial charge is 0.136 e. The quantitative estimate of drug-likeness (QED) is 0.908. The van der Waals surface area contributed by atoms with E-state index >= 15 is 0 Å². The lowest BCUT2D eigenvalue weighted by molar-refractivity contribution is 0.175. The number of hydrogen-bond acceptors (Lipinski definition) is 3. The summed E-state index contributed by atoms with van der Waals surface area (Å²) in [6.07, 6.45) is 3.60. The zero-order valence-corrected chi connectivity index (χ0v) is 11.0. The van der Waals surface area contributed by atoms with E-state index < -0.39 is 0 Å². The first-order valence-corrected chi connectivity index (χ1v) is 6.17. The highest BCUT2D eigenvalue weighted by Crippen LogP contribution is 2.23. The summed E-state index contributed by atoms with van der Waals surface area (Å²) in [5, 5.41) is 9.78. The summed E-state index contributed by atoms with van der Waals surface area (Å²) in [4.78, 5) is 1.85. The zero-order chi connectivity index (χ0) is 13.0. The van der Waals surface area contributed by atoms with E-state index in [1.54, 1.807) is 6.08 Å². The summed E-state index contributed by atoms with van der Waals surface area (Å²) in [6.45, 7) is 0.499. The van der Waals surface area contributed by atoms with Crippen LogP contribution >= 0.6 is 11.6 Å². The van der Waals surface area contributed by atoms with E-state index in [0.29, 0.717) is 17.4 Å². The lowest BCUT2D eigenvalue weighted by Gasteiger charge is -2.29. The number of likely N-dealkylation sites (N-methyl/N-ethyl adjacent to an activating group) is 1. The minimum atomic E-state index is -0.171. The Bertz CT molecular complexity index is 456. The number of hydrogen-bond donors (Lipinski definition) is 1. The molecule has 0 aromatic heterocycles. The number of halogens is 1. The van der Waals surface area contributed by atoms with Crippen LogP contribution in [0.15, 0.2) is 53.4 Å². The maximum absolute atomic E-state index is 9.19. The number of benzene rings is 1. The van der Waals surface area contributed by atoms with Crippen molar-refractivity contribution in [2.75, 3.05) is 13.7 Å². The molecular formula is C14H16ClNO2. The summed E-state index contributed by atoms with van der Waals surface area (Å²) in [5.74, 6) is 0.705. The first-order valence-electron chi connectivity index (χ1n) is 5.79. The standard InChI is InChI=1S/C14H16ClNO2/c1-16-8-12(7-13(15)14(16)9-17)18-10-11-5-3-2-4-6-11/h2-8,14,17H,9-10H2,1H3. The molecule has 1 atom stereocenters. The lowest BCUT2D eigenvalue weighted by Crippen LogP contribution is -2.33. The summed E-state index contributed by atoms with van der Waals surface area (Å²) in [7, 11) is 1.86. The second-order valence-electron chi connectivity index (χ2n) is 4.20. The number of nitrogens with zero attached hydrogens (tertiary/aromatic N) is 1. The van der Waals surface area contributed by atoms with Crippen molar-refractivity contribution in [3.05, 3.63) is 59.0 Å². The van der Waals surface area contributed by atoms with Crippen LogP contribution in [0, 0.1) is 0 Å². The Morgan fingerprint density at radius 1 is 1.33 bits per heavy atom.